The monoisotopic (exact) mass is 475 g/mol. The Bertz CT molecular complexity index is 1150. The molecule has 1 atom stereocenters. The zero-order chi connectivity index (χ0) is 24.8. The molecule has 2 amide bonds. The number of benzene rings is 2. The summed E-state index contributed by atoms with van der Waals surface area (Å²) in [5, 5.41) is 6.93. The lowest BCUT2D eigenvalue weighted by Gasteiger charge is -2.36. The highest BCUT2D eigenvalue weighted by molar-refractivity contribution is 5.97. The molecule has 1 aliphatic heterocycles. The largest absolute Gasteiger partial charge is 0.341 e. The van der Waals surface area contributed by atoms with Gasteiger partial charge in [-0.25, -0.2) is 0 Å². The highest BCUT2D eigenvalue weighted by Gasteiger charge is 2.26. The van der Waals surface area contributed by atoms with Crippen LogP contribution in [0.1, 0.15) is 40.7 Å². The van der Waals surface area contributed by atoms with E-state index in [2.05, 4.69) is 20.4 Å². The number of piperazine rings is 1. The Balaban J connectivity index is 1.18. The summed E-state index contributed by atoms with van der Waals surface area (Å²) in [6.45, 7) is 9.57. The number of carbonyl (C=O) groups is 2. The number of hydrogen-bond donors (Lipinski definition) is 1. The molecule has 184 valence electrons. The van der Waals surface area contributed by atoms with Gasteiger partial charge in [0.1, 0.15) is 6.04 Å². The van der Waals surface area contributed by atoms with E-state index in [1.165, 1.54) is 5.56 Å². The third-order valence-electron chi connectivity index (χ3n) is 6.33. The highest BCUT2D eigenvalue weighted by Crippen LogP contribution is 2.17. The fourth-order valence-corrected chi connectivity index (χ4v) is 4.22. The predicted octanol–water partition coefficient (Wildman–Crippen LogP) is 3.25. The third kappa shape index (κ3) is 6.54. The van der Waals surface area contributed by atoms with Crippen LogP contribution in [0.5, 0.6) is 0 Å². The second-order valence-electron chi connectivity index (χ2n) is 9.21. The second kappa shape index (κ2) is 11.3. The average molecular weight is 476 g/mol. The van der Waals surface area contributed by atoms with Gasteiger partial charge < -0.3 is 14.7 Å². The maximum Gasteiger partial charge on any atom is 0.251 e. The van der Waals surface area contributed by atoms with Gasteiger partial charge in [-0.05, 0) is 45.9 Å². The van der Waals surface area contributed by atoms with Gasteiger partial charge in [-0.1, -0.05) is 52.7 Å². The lowest BCUT2D eigenvalue weighted by atomic mass is 10.1. The van der Waals surface area contributed by atoms with Crippen LogP contribution >= 0.6 is 0 Å². The summed E-state index contributed by atoms with van der Waals surface area (Å²) in [6.07, 6.45) is 1.63. The lowest BCUT2D eigenvalue weighted by molar-refractivity contribution is -0.134. The minimum atomic E-state index is -0.560. The van der Waals surface area contributed by atoms with Gasteiger partial charge in [0.2, 0.25) is 17.6 Å². The second-order valence-corrected chi connectivity index (χ2v) is 9.21. The third-order valence-corrected chi connectivity index (χ3v) is 6.33. The van der Waals surface area contributed by atoms with E-state index >= 15 is 0 Å². The average Bonchev–Trinajstić information content (AvgIpc) is 3.33. The zero-order valence-electron chi connectivity index (χ0n) is 20.7. The molecule has 3 aromatic rings. The molecule has 1 fully saturated rings. The summed E-state index contributed by atoms with van der Waals surface area (Å²) in [7, 11) is 0. The standard InChI is InChI=1S/C27H33N5O3/c1-19-9-11-22(12-10-19)25-29-24(35-30-25)8-5-13-31-14-16-32(17-15-31)27(34)21(3)28-26(33)23-7-4-6-20(2)18-23/h4,6-7,9-12,18,21H,5,8,13-17H2,1-3H3,(H,28,33). The Morgan fingerprint density at radius 2 is 1.77 bits per heavy atom. The molecule has 8 heteroatoms. The quantitative estimate of drug-likeness (QED) is 0.538. The molecule has 1 unspecified atom stereocenters. The van der Waals surface area contributed by atoms with Gasteiger partial charge in [0.15, 0.2) is 0 Å². The molecule has 1 saturated heterocycles. The topological polar surface area (TPSA) is 91.6 Å². The molecular weight excluding hydrogens is 442 g/mol. The highest BCUT2D eigenvalue weighted by atomic mass is 16.5. The first kappa shape index (κ1) is 24.6. The van der Waals surface area contributed by atoms with Crippen LogP contribution in [-0.4, -0.2) is 70.5 Å². The van der Waals surface area contributed by atoms with Crippen molar-refractivity contribution in [1.82, 2.24) is 25.3 Å². The van der Waals surface area contributed by atoms with Crippen LogP contribution in [0.4, 0.5) is 0 Å². The van der Waals surface area contributed by atoms with Gasteiger partial charge in [0.05, 0.1) is 0 Å². The number of rotatable bonds is 8. The molecule has 0 aliphatic carbocycles. The number of aromatic nitrogens is 2. The first-order valence-electron chi connectivity index (χ1n) is 12.2. The number of carbonyl (C=O) groups excluding carboxylic acids is 2. The lowest BCUT2D eigenvalue weighted by Crippen LogP contribution is -2.54. The first-order valence-corrected chi connectivity index (χ1v) is 12.2. The van der Waals surface area contributed by atoms with Crippen LogP contribution in [0, 0.1) is 13.8 Å². The fraction of sp³-hybridized carbons (Fsp3) is 0.407. The van der Waals surface area contributed by atoms with Crippen LogP contribution in [0.3, 0.4) is 0 Å². The number of aryl methyl sites for hydroxylation is 3. The normalized spacial score (nSPS) is 15.1. The molecule has 2 heterocycles. The molecule has 1 N–H and O–H groups in total. The zero-order valence-corrected chi connectivity index (χ0v) is 20.7. The van der Waals surface area contributed by atoms with Crippen molar-refractivity contribution in [2.75, 3.05) is 32.7 Å². The molecule has 0 saturated carbocycles. The van der Waals surface area contributed by atoms with Gasteiger partial charge in [0.25, 0.3) is 5.91 Å². The van der Waals surface area contributed by atoms with Crippen molar-refractivity contribution < 1.29 is 14.1 Å². The van der Waals surface area contributed by atoms with Crippen molar-refractivity contribution in [3.05, 3.63) is 71.1 Å². The summed E-state index contributed by atoms with van der Waals surface area (Å²) >= 11 is 0. The van der Waals surface area contributed by atoms with E-state index in [-0.39, 0.29) is 11.8 Å². The van der Waals surface area contributed by atoms with Crippen molar-refractivity contribution in [1.29, 1.82) is 0 Å². The Kier molecular flexibility index (Phi) is 7.92. The Morgan fingerprint density at radius 3 is 2.49 bits per heavy atom. The summed E-state index contributed by atoms with van der Waals surface area (Å²) in [6, 6.07) is 14.9. The summed E-state index contributed by atoms with van der Waals surface area (Å²) < 4.78 is 5.42. The van der Waals surface area contributed by atoms with Crippen LogP contribution < -0.4 is 5.32 Å². The van der Waals surface area contributed by atoms with Crippen molar-refractivity contribution in [2.45, 2.75) is 39.7 Å². The minimum absolute atomic E-state index is 0.0415. The molecule has 1 aromatic heterocycles. The molecular formula is C27H33N5O3. The van der Waals surface area contributed by atoms with Gasteiger partial charge in [-0.2, -0.15) is 4.98 Å². The minimum Gasteiger partial charge on any atom is -0.341 e. The van der Waals surface area contributed by atoms with E-state index in [0.29, 0.717) is 30.4 Å². The van der Waals surface area contributed by atoms with E-state index in [1.807, 2.05) is 61.2 Å². The van der Waals surface area contributed by atoms with Crippen molar-refractivity contribution >= 4 is 11.8 Å². The molecule has 0 spiro atoms. The molecule has 4 rings (SSSR count). The Hall–Kier alpha value is -3.52. The van der Waals surface area contributed by atoms with Gasteiger partial charge in [0, 0.05) is 43.7 Å². The number of hydrogen-bond acceptors (Lipinski definition) is 6. The summed E-state index contributed by atoms with van der Waals surface area (Å²) in [5.41, 5.74) is 3.73. The number of nitrogens with zero attached hydrogens (tertiary/aromatic N) is 4. The van der Waals surface area contributed by atoms with E-state index in [0.717, 1.165) is 43.6 Å². The van der Waals surface area contributed by atoms with Gasteiger partial charge in [-0.15, -0.1) is 0 Å². The van der Waals surface area contributed by atoms with Gasteiger partial charge >= 0.3 is 0 Å². The summed E-state index contributed by atoms with van der Waals surface area (Å²) in [5.74, 6) is 1.00. The molecule has 1 aliphatic rings. The van der Waals surface area contributed by atoms with Crippen molar-refractivity contribution in [2.24, 2.45) is 0 Å². The molecule has 8 nitrogen and oxygen atoms in total. The van der Waals surface area contributed by atoms with Crippen LogP contribution in [0.2, 0.25) is 0 Å². The fourth-order valence-electron chi connectivity index (χ4n) is 4.22. The molecule has 0 bridgehead atoms. The van der Waals surface area contributed by atoms with E-state index in [4.69, 9.17) is 4.52 Å². The van der Waals surface area contributed by atoms with Crippen LogP contribution in [-0.2, 0) is 11.2 Å². The van der Waals surface area contributed by atoms with E-state index < -0.39 is 6.04 Å². The Morgan fingerprint density at radius 1 is 1.03 bits per heavy atom. The molecule has 2 aromatic carbocycles. The smallest absolute Gasteiger partial charge is 0.251 e. The van der Waals surface area contributed by atoms with E-state index in [9.17, 15) is 9.59 Å². The van der Waals surface area contributed by atoms with E-state index in [1.54, 1.807) is 13.0 Å². The molecule has 0 radical (unpaired) electrons. The van der Waals surface area contributed by atoms with Crippen LogP contribution in [0.15, 0.2) is 53.1 Å². The Labute approximate surface area is 206 Å². The van der Waals surface area contributed by atoms with Crippen molar-refractivity contribution in [3.8, 4) is 11.4 Å². The maximum atomic E-state index is 12.8. The number of amides is 2. The van der Waals surface area contributed by atoms with Crippen molar-refractivity contribution in [3.63, 3.8) is 0 Å². The number of nitrogens with one attached hydrogen (secondary N) is 1. The first-order chi connectivity index (χ1) is 16.9. The van der Waals surface area contributed by atoms with Gasteiger partial charge in [-0.3, -0.25) is 14.5 Å². The maximum absolute atomic E-state index is 12.8. The SMILES string of the molecule is Cc1ccc(-c2noc(CCCN3CCN(C(=O)C(C)NC(=O)c4cccc(C)c4)CC3)n2)cc1. The predicted molar refractivity (Wildman–Crippen MR) is 134 cm³/mol. The van der Waals surface area contributed by atoms with Crippen LogP contribution in [0.25, 0.3) is 11.4 Å². The summed E-state index contributed by atoms with van der Waals surface area (Å²) in [4.78, 5) is 34.0. The molecule has 35 heavy (non-hydrogen) atoms.